The van der Waals surface area contributed by atoms with Gasteiger partial charge in [-0.3, -0.25) is 14.3 Å². The SMILES string of the molecule is Cn1c2c(c3ccc(-n4ccc(OCc5ccccc5)cc4=O)cc31)C1CCC(C2)N1C(=O)OC(C)(C)C. The van der Waals surface area contributed by atoms with E-state index in [1.54, 1.807) is 10.8 Å². The number of carbonyl (C=O) groups excluding carboxylic acids is 1. The molecule has 7 heteroatoms. The van der Waals surface area contributed by atoms with Crippen LogP contribution in [0.15, 0.2) is 71.7 Å². The smallest absolute Gasteiger partial charge is 0.411 e. The van der Waals surface area contributed by atoms with E-state index in [1.165, 1.54) is 17.3 Å². The molecule has 2 aromatic carbocycles. The number of aryl methyl sites for hydroxylation is 1. The molecule has 1 amide bonds. The molecule has 0 saturated carbocycles. The minimum absolute atomic E-state index is 0.0110. The summed E-state index contributed by atoms with van der Waals surface area (Å²) in [6.07, 6.45) is 4.25. The number of hydrogen-bond donors (Lipinski definition) is 0. The van der Waals surface area contributed by atoms with Crippen molar-refractivity contribution in [1.29, 1.82) is 0 Å². The normalized spacial score (nSPS) is 18.5. The molecule has 6 rings (SSSR count). The summed E-state index contributed by atoms with van der Waals surface area (Å²) < 4.78 is 15.5. The molecule has 2 atom stereocenters. The molecular weight excluding hydrogens is 478 g/mol. The van der Waals surface area contributed by atoms with Gasteiger partial charge in [-0.1, -0.05) is 36.4 Å². The highest BCUT2D eigenvalue weighted by molar-refractivity contribution is 5.89. The quantitative estimate of drug-likeness (QED) is 0.342. The first-order chi connectivity index (χ1) is 18.2. The Morgan fingerprint density at radius 1 is 1.03 bits per heavy atom. The van der Waals surface area contributed by atoms with Gasteiger partial charge in [0.15, 0.2) is 0 Å². The summed E-state index contributed by atoms with van der Waals surface area (Å²) in [7, 11) is 2.08. The fourth-order valence-electron chi connectivity index (χ4n) is 5.96. The Morgan fingerprint density at radius 2 is 1.82 bits per heavy atom. The maximum atomic E-state index is 13.1. The molecule has 38 heavy (non-hydrogen) atoms. The summed E-state index contributed by atoms with van der Waals surface area (Å²) in [5, 5.41) is 1.13. The van der Waals surface area contributed by atoms with Gasteiger partial charge >= 0.3 is 6.09 Å². The summed E-state index contributed by atoms with van der Waals surface area (Å²) in [6.45, 7) is 6.14. The van der Waals surface area contributed by atoms with E-state index < -0.39 is 5.60 Å². The summed E-state index contributed by atoms with van der Waals surface area (Å²) >= 11 is 0. The topological polar surface area (TPSA) is 65.7 Å². The van der Waals surface area contributed by atoms with E-state index in [-0.39, 0.29) is 23.7 Å². The molecule has 0 spiro atoms. The predicted molar refractivity (Wildman–Crippen MR) is 147 cm³/mol. The van der Waals surface area contributed by atoms with Crippen molar-refractivity contribution in [3.63, 3.8) is 0 Å². The lowest BCUT2D eigenvalue weighted by Gasteiger charge is -2.36. The Kier molecular flexibility index (Phi) is 5.82. The average Bonchev–Trinajstić information content (AvgIpc) is 3.35. The fourth-order valence-corrected chi connectivity index (χ4v) is 5.96. The Balaban J connectivity index is 1.30. The van der Waals surface area contributed by atoms with Gasteiger partial charge in [0.05, 0.1) is 17.2 Å². The van der Waals surface area contributed by atoms with E-state index >= 15 is 0 Å². The molecule has 2 aliphatic rings. The van der Waals surface area contributed by atoms with E-state index in [9.17, 15) is 9.59 Å². The summed E-state index contributed by atoms with van der Waals surface area (Å²) in [5.41, 5.74) is 4.70. The predicted octanol–water partition coefficient (Wildman–Crippen LogP) is 5.90. The van der Waals surface area contributed by atoms with Crippen molar-refractivity contribution >= 4 is 17.0 Å². The first-order valence-corrected chi connectivity index (χ1v) is 13.2. The second kappa shape index (κ2) is 9.08. The Bertz CT molecular complexity index is 1580. The molecule has 4 heterocycles. The zero-order chi connectivity index (χ0) is 26.6. The Labute approximate surface area is 222 Å². The number of nitrogens with zero attached hydrogens (tertiary/aromatic N) is 3. The first kappa shape index (κ1) is 24.3. The molecule has 2 aromatic heterocycles. The van der Waals surface area contributed by atoms with Gasteiger partial charge < -0.3 is 14.0 Å². The third-order valence-electron chi connectivity index (χ3n) is 7.64. The largest absolute Gasteiger partial charge is 0.489 e. The molecule has 1 saturated heterocycles. The molecule has 7 nitrogen and oxygen atoms in total. The van der Waals surface area contributed by atoms with Crippen LogP contribution in [0.2, 0.25) is 0 Å². The zero-order valence-electron chi connectivity index (χ0n) is 22.3. The van der Waals surface area contributed by atoms with Crippen LogP contribution in [0.3, 0.4) is 0 Å². The van der Waals surface area contributed by atoms with Crippen LogP contribution in [-0.2, 0) is 24.8 Å². The van der Waals surface area contributed by atoms with Crippen molar-refractivity contribution in [3.8, 4) is 11.4 Å². The van der Waals surface area contributed by atoms with Crippen LogP contribution >= 0.6 is 0 Å². The molecule has 2 aliphatic heterocycles. The zero-order valence-corrected chi connectivity index (χ0v) is 22.3. The number of benzene rings is 2. The lowest BCUT2D eigenvalue weighted by Crippen LogP contribution is -2.44. The number of amides is 1. The van der Waals surface area contributed by atoms with Crippen LogP contribution in [0, 0.1) is 0 Å². The van der Waals surface area contributed by atoms with Crippen LogP contribution in [0.1, 0.15) is 56.5 Å². The second-order valence-corrected chi connectivity index (χ2v) is 11.3. The summed E-state index contributed by atoms with van der Waals surface area (Å²) in [4.78, 5) is 28.1. The molecule has 2 bridgehead atoms. The van der Waals surface area contributed by atoms with E-state index in [0.29, 0.717) is 12.4 Å². The number of pyridine rings is 1. The maximum absolute atomic E-state index is 13.1. The van der Waals surface area contributed by atoms with Crippen LogP contribution in [-0.4, -0.2) is 31.8 Å². The highest BCUT2D eigenvalue weighted by atomic mass is 16.6. The van der Waals surface area contributed by atoms with Gasteiger partial charge in [0, 0.05) is 48.4 Å². The van der Waals surface area contributed by atoms with Crippen LogP contribution in [0.25, 0.3) is 16.6 Å². The van der Waals surface area contributed by atoms with Gasteiger partial charge in [0.1, 0.15) is 18.0 Å². The highest BCUT2D eigenvalue weighted by Gasteiger charge is 2.46. The molecular formula is C31H33N3O4. The van der Waals surface area contributed by atoms with E-state index in [4.69, 9.17) is 9.47 Å². The van der Waals surface area contributed by atoms with Crippen LogP contribution < -0.4 is 10.3 Å². The van der Waals surface area contributed by atoms with Gasteiger partial charge in [-0.15, -0.1) is 0 Å². The van der Waals surface area contributed by atoms with E-state index in [0.717, 1.165) is 41.4 Å². The van der Waals surface area contributed by atoms with Gasteiger partial charge in [0.2, 0.25) is 0 Å². The monoisotopic (exact) mass is 511 g/mol. The third-order valence-corrected chi connectivity index (χ3v) is 7.64. The Hall–Kier alpha value is -4.00. The number of hydrogen-bond acceptors (Lipinski definition) is 4. The molecule has 0 aliphatic carbocycles. The summed E-state index contributed by atoms with van der Waals surface area (Å²) in [6, 6.07) is 19.5. The first-order valence-electron chi connectivity index (χ1n) is 13.2. The third kappa shape index (κ3) is 4.26. The van der Waals surface area contributed by atoms with Gasteiger partial charge in [-0.05, 0) is 57.4 Å². The number of carbonyl (C=O) groups is 1. The molecule has 0 N–H and O–H groups in total. The lowest BCUT2D eigenvalue weighted by atomic mass is 9.97. The number of rotatable bonds is 4. The van der Waals surface area contributed by atoms with E-state index in [1.807, 2.05) is 68.1 Å². The number of aromatic nitrogens is 2. The molecule has 1 fully saturated rings. The lowest BCUT2D eigenvalue weighted by molar-refractivity contribution is 0.0124. The van der Waals surface area contributed by atoms with Crippen LogP contribution in [0.5, 0.6) is 5.75 Å². The van der Waals surface area contributed by atoms with E-state index in [2.05, 4.69) is 23.7 Å². The highest BCUT2D eigenvalue weighted by Crippen LogP contribution is 2.48. The number of fused-ring (bicyclic) bond motifs is 6. The average molecular weight is 512 g/mol. The van der Waals surface area contributed by atoms with Crippen molar-refractivity contribution in [2.75, 3.05) is 0 Å². The van der Waals surface area contributed by atoms with Crippen molar-refractivity contribution < 1.29 is 14.3 Å². The maximum Gasteiger partial charge on any atom is 0.411 e. The fraction of sp³-hybridized carbons (Fsp3) is 0.355. The Morgan fingerprint density at radius 3 is 2.55 bits per heavy atom. The van der Waals surface area contributed by atoms with Crippen LogP contribution in [0.4, 0.5) is 4.79 Å². The minimum Gasteiger partial charge on any atom is -0.489 e. The van der Waals surface area contributed by atoms with Gasteiger partial charge in [0.25, 0.3) is 5.56 Å². The standard InChI is InChI=1S/C31H33N3O4/c1-31(2,3)38-30(36)34-22-11-13-25(34)29-24-12-10-21(16-26(24)32(4)27(29)17-22)33-15-14-23(18-28(33)35)37-19-20-8-6-5-7-9-20/h5-10,12,14-16,18,22,25H,11,13,17,19H2,1-4H3. The van der Waals surface area contributed by atoms with Gasteiger partial charge in [-0.25, -0.2) is 4.79 Å². The molecule has 196 valence electrons. The van der Waals surface area contributed by atoms with Crippen molar-refractivity contribution in [3.05, 3.63) is 94.0 Å². The molecule has 0 radical (unpaired) electrons. The van der Waals surface area contributed by atoms with Crippen molar-refractivity contribution in [2.45, 2.75) is 64.3 Å². The van der Waals surface area contributed by atoms with Gasteiger partial charge in [-0.2, -0.15) is 0 Å². The molecule has 2 unspecified atom stereocenters. The summed E-state index contributed by atoms with van der Waals surface area (Å²) in [5.74, 6) is 0.545. The van der Waals surface area contributed by atoms with Crippen molar-refractivity contribution in [2.24, 2.45) is 7.05 Å². The number of ether oxygens (including phenoxy) is 2. The van der Waals surface area contributed by atoms with Crippen molar-refractivity contribution in [1.82, 2.24) is 14.0 Å². The minimum atomic E-state index is -0.528. The molecule has 4 aromatic rings. The second-order valence-electron chi connectivity index (χ2n) is 11.3.